The maximum atomic E-state index is 13.6. The molecule has 27 heavy (non-hydrogen) atoms. The lowest BCUT2D eigenvalue weighted by Crippen LogP contribution is -2.11. The third-order valence-electron chi connectivity index (χ3n) is 3.91. The molecule has 2 aromatic carbocycles. The van der Waals surface area contributed by atoms with E-state index in [4.69, 9.17) is 0 Å². The number of thiophene rings is 1. The number of anilines is 2. The minimum atomic E-state index is -0.441. The Hall–Kier alpha value is -3.06. The average molecular weight is 386 g/mol. The molecule has 0 atom stereocenters. The van der Waals surface area contributed by atoms with E-state index in [0.29, 0.717) is 32.3 Å². The molecular formula is C20H16F2N2O2S. The van der Waals surface area contributed by atoms with Crippen LogP contribution in [0.25, 0.3) is 0 Å². The molecule has 2 N–H and O–H groups in total. The summed E-state index contributed by atoms with van der Waals surface area (Å²) >= 11 is 0.991. The number of amides is 2. The second-order valence-electron chi connectivity index (χ2n) is 6.00. The number of carbonyl (C=O) groups is 2. The first-order valence-electron chi connectivity index (χ1n) is 8.08. The normalized spacial score (nSPS) is 10.5. The molecule has 0 fully saturated rings. The number of halogens is 2. The van der Waals surface area contributed by atoms with E-state index in [2.05, 4.69) is 10.6 Å². The zero-order valence-electron chi connectivity index (χ0n) is 14.6. The number of benzene rings is 2. The molecule has 0 saturated carbocycles. The lowest BCUT2D eigenvalue weighted by atomic mass is 10.2. The van der Waals surface area contributed by atoms with Gasteiger partial charge in [-0.05, 0) is 61.4 Å². The van der Waals surface area contributed by atoms with Crippen molar-refractivity contribution in [2.24, 2.45) is 0 Å². The summed E-state index contributed by atoms with van der Waals surface area (Å²) < 4.78 is 27.1. The second kappa shape index (κ2) is 7.67. The van der Waals surface area contributed by atoms with Gasteiger partial charge in [-0.25, -0.2) is 8.78 Å². The summed E-state index contributed by atoms with van der Waals surface area (Å²) in [5.41, 5.74) is 1.63. The van der Waals surface area contributed by atoms with Crippen LogP contribution >= 0.6 is 11.3 Å². The van der Waals surface area contributed by atoms with E-state index < -0.39 is 23.4 Å². The molecule has 1 aromatic heterocycles. The van der Waals surface area contributed by atoms with Crippen LogP contribution in [-0.2, 0) is 0 Å². The highest BCUT2D eigenvalue weighted by Crippen LogP contribution is 2.21. The Morgan fingerprint density at radius 1 is 0.741 bits per heavy atom. The zero-order chi connectivity index (χ0) is 19.6. The fourth-order valence-corrected chi connectivity index (χ4v) is 3.11. The Kier molecular flexibility index (Phi) is 5.32. The van der Waals surface area contributed by atoms with Crippen molar-refractivity contribution in [2.75, 3.05) is 10.6 Å². The van der Waals surface area contributed by atoms with Crippen LogP contribution in [0.4, 0.5) is 20.2 Å². The van der Waals surface area contributed by atoms with Crippen molar-refractivity contribution >= 4 is 34.5 Å². The topological polar surface area (TPSA) is 58.2 Å². The largest absolute Gasteiger partial charge is 0.321 e. The van der Waals surface area contributed by atoms with E-state index in [1.54, 1.807) is 38.1 Å². The molecule has 0 radical (unpaired) electrons. The van der Waals surface area contributed by atoms with E-state index in [0.717, 1.165) is 11.3 Å². The predicted molar refractivity (Wildman–Crippen MR) is 102 cm³/mol. The third kappa shape index (κ3) is 4.38. The minimum Gasteiger partial charge on any atom is -0.321 e. The summed E-state index contributed by atoms with van der Waals surface area (Å²) in [4.78, 5) is 25.2. The number of hydrogen-bond donors (Lipinski definition) is 2. The number of rotatable bonds is 4. The van der Waals surface area contributed by atoms with Crippen LogP contribution in [0.2, 0.25) is 0 Å². The van der Waals surface area contributed by atoms with Gasteiger partial charge < -0.3 is 10.6 Å². The van der Waals surface area contributed by atoms with E-state index in [1.165, 1.54) is 24.3 Å². The average Bonchev–Trinajstić information content (AvgIpc) is 3.12. The van der Waals surface area contributed by atoms with Crippen LogP contribution in [0, 0.1) is 25.5 Å². The zero-order valence-corrected chi connectivity index (χ0v) is 15.4. The molecule has 0 aliphatic rings. The van der Waals surface area contributed by atoms with Gasteiger partial charge in [-0.3, -0.25) is 9.59 Å². The van der Waals surface area contributed by atoms with Crippen molar-refractivity contribution in [3.63, 3.8) is 0 Å². The Balaban J connectivity index is 1.69. The molecule has 0 aliphatic heterocycles. The molecule has 0 spiro atoms. The van der Waals surface area contributed by atoms with Gasteiger partial charge in [0.25, 0.3) is 11.8 Å². The van der Waals surface area contributed by atoms with Gasteiger partial charge in [0.05, 0.1) is 9.75 Å². The van der Waals surface area contributed by atoms with Crippen molar-refractivity contribution in [2.45, 2.75) is 13.8 Å². The van der Waals surface area contributed by atoms with Crippen LogP contribution in [0.5, 0.6) is 0 Å². The fraction of sp³-hybridized carbons (Fsp3) is 0.100. The maximum absolute atomic E-state index is 13.6. The highest BCUT2D eigenvalue weighted by atomic mass is 32.1. The summed E-state index contributed by atoms with van der Waals surface area (Å²) in [6, 6.07) is 11.8. The molecule has 7 heteroatoms. The van der Waals surface area contributed by atoms with Gasteiger partial charge in [0, 0.05) is 11.4 Å². The van der Waals surface area contributed by atoms with Crippen LogP contribution in [0.3, 0.4) is 0 Å². The van der Waals surface area contributed by atoms with Crippen molar-refractivity contribution in [1.29, 1.82) is 0 Å². The van der Waals surface area contributed by atoms with E-state index in [9.17, 15) is 18.4 Å². The monoisotopic (exact) mass is 386 g/mol. The molecule has 3 rings (SSSR count). The summed E-state index contributed by atoms with van der Waals surface area (Å²) in [6.45, 7) is 3.26. The van der Waals surface area contributed by atoms with Crippen molar-refractivity contribution in [1.82, 2.24) is 0 Å². The predicted octanol–water partition coefficient (Wildman–Crippen LogP) is 5.15. The summed E-state index contributed by atoms with van der Waals surface area (Å²) in [7, 11) is 0. The second-order valence-corrected chi connectivity index (χ2v) is 7.08. The minimum absolute atomic E-state index is 0.302. The van der Waals surface area contributed by atoms with Crippen LogP contribution < -0.4 is 10.6 Å². The Morgan fingerprint density at radius 3 is 1.52 bits per heavy atom. The maximum Gasteiger partial charge on any atom is 0.265 e. The lowest BCUT2D eigenvalue weighted by Gasteiger charge is -2.05. The molecule has 3 aromatic rings. The SMILES string of the molecule is Cc1ccc(NC(=O)c2ccc(C(=O)Nc3ccc(C)c(F)c3)s2)cc1F. The van der Waals surface area contributed by atoms with Crippen molar-refractivity contribution in [3.05, 3.63) is 81.0 Å². The number of aryl methyl sites for hydroxylation is 2. The Labute approximate surface area is 158 Å². The molecule has 0 bridgehead atoms. The molecule has 0 unspecified atom stereocenters. The summed E-state index contributed by atoms with van der Waals surface area (Å²) in [5, 5.41) is 5.18. The van der Waals surface area contributed by atoms with Gasteiger partial charge in [-0.15, -0.1) is 11.3 Å². The van der Waals surface area contributed by atoms with Crippen LogP contribution in [0.15, 0.2) is 48.5 Å². The summed E-state index contributed by atoms with van der Waals surface area (Å²) in [5.74, 6) is -1.71. The number of nitrogens with one attached hydrogen (secondary N) is 2. The quantitative estimate of drug-likeness (QED) is 0.652. The van der Waals surface area contributed by atoms with E-state index >= 15 is 0 Å². The molecule has 138 valence electrons. The standard InChI is InChI=1S/C20H16F2N2O2S/c1-11-3-5-13(9-15(11)21)23-19(25)17-7-8-18(27-17)20(26)24-14-6-4-12(2)16(22)10-14/h3-10H,1-2H3,(H,23,25)(H,24,26). The van der Waals surface area contributed by atoms with Gasteiger partial charge in [0.15, 0.2) is 0 Å². The molecule has 0 aliphatic carbocycles. The Bertz CT molecular complexity index is 951. The van der Waals surface area contributed by atoms with Gasteiger partial charge in [-0.2, -0.15) is 0 Å². The first-order chi connectivity index (χ1) is 12.8. The van der Waals surface area contributed by atoms with E-state index in [-0.39, 0.29) is 0 Å². The van der Waals surface area contributed by atoms with Gasteiger partial charge >= 0.3 is 0 Å². The number of hydrogen-bond acceptors (Lipinski definition) is 3. The third-order valence-corrected chi connectivity index (χ3v) is 5.00. The van der Waals surface area contributed by atoms with Crippen molar-refractivity contribution in [3.8, 4) is 0 Å². The highest BCUT2D eigenvalue weighted by molar-refractivity contribution is 7.16. The van der Waals surface area contributed by atoms with Crippen LogP contribution in [0.1, 0.15) is 30.5 Å². The number of carbonyl (C=O) groups excluding carboxylic acids is 2. The first kappa shape index (κ1) is 18.7. The molecule has 0 saturated heterocycles. The smallest absolute Gasteiger partial charge is 0.265 e. The first-order valence-corrected chi connectivity index (χ1v) is 8.90. The molecule has 2 amide bonds. The molecular weight excluding hydrogens is 370 g/mol. The summed E-state index contributed by atoms with van der Waals surface area (Å²) in [6.07, 6.45) is 0. The highest BCUT2D eigenvalue weighted by Gasteiger charge is 2.15. The van der Waals surface area contributed by atoms with Crippen molar-refractivity contribution < 1.29 is 18.4 Å². The lowest BCUT2D eigenvalue weighted by molar-refractivity contribution is 0.102. The fourth-order valence-electron chi connectivity index (χ4n) is 2.31. The van der Waals surface area contributed by atoms with Crippen LogP contribution in [-0.4, -0.2) is 11.8 Å². The van der Waals surface area contributed by atoms with E-state index in [1.807, 2.05) is 0 Å². The van der Waals surface area contributed by atoms with Gasteiger partial charge in [0.2, 0.25) is 0 Å². The molecule has 1 heterocycles. The van der Waals surface area contributed by atoms with Gasteiger partial charge in [0.1, 0.15) is 11.6 Å². The Morgan fingerprint density at radius 2 is 1.15 bits per heavy atom. The molecule has 4 nitrogen and oxygen atoms in total. The van der Waals surface area contributed by atoms with Gasteiger partial charge in [-0.1, -0.05) is 12.1 Å².